The average molecular weight is 1050 g/mol. The fraction of sp³-hybridized carbons (Fsp3) is 0.246. The number of hydrogen-bond acceptors (Lipinski definition) is 4. The molecule has 0 N–H and O–H groups in total. The normalized spacial score (nSPS) is 13.3. The van der Waals surface area contributed by atoms with Crippen LogP contribution in [0.25, 0.3) is 22.4 Å². The fourth-order valence-electron chi connectivity index (χ4n) is 9.47. The van der Waals surface area contributed by atoms with Crippen LogP contribution in [0.4, 0.5) is 17.1 Å². The summed E-state index contributed by atoms with van der Waals surface area (Å²) in [5.41, 5.74) is 16.3. The molecule has 0 fully saturated rings. The summed E-state index contributed by atoms with van der Waals surface area (Å²) in [5, 5.41) is 0. The molecule has 0 saturated heterocycles. The Labute approximate surface area is 407 Å². The minimum Gasteiger partial charge on any atom is -0.503 e. The average Bonchev–Trinajstić information content (AvgIpc) is 3.27. The molecular weight excluding hydrogens is 986 g/mol. The first-order valence-electron chi connectivity index (χ1n) is 22.8. The van der Waals surface area contributed by atoms with Crippen LogP contribution in [0.2, 0.25) is 0 Å². The van der Waals surface area contributed by atoms with E-state index in [4.69, 9.17) is 14.7 Å². The third-order valence-electron chi connectivity index (χ3n) is 13.0. The number of nitrogens with zero attached hydrogens (tertiary/aromatic N) is 3. The number of aromatic nitrogens is 2. The Bertz CT molecular complexity index is 2940. The van der Waals surface area contributed by atoms with Gasteiger partial charge in [-0.25, -0.2) is 0 Å². The third kappa shape index (κ3) is 8.57. The van der Waals surface area contributed by atoms with E-state index in [0.29, 0.717) is 11.5 Å². The second-order valence-corrected chi connectivity index (χ2v) is 20.7. The van der Waals surface area contributed by atoms with Crippen LogP contribution in [0.1, 0.15) is 113 Å². The molecule has 0 amide bonds. The summed E-state index contributed by atoms with van der Waals surface area (Å²) in [7, 11) is 0. The van der Waals surface area contributed by atoms with Gasteiger partial charge in [0.15, 0.2) is 0 Å². The Kier molecular flexibility index (Phi) is 12.4. The number of benzene rings is 6. The number of aryl methyl sites for hydroxylation is 2. The summed E-state index contributed by atoms with van der Waals surface area (Å²) in [6.07, 6.45) is 3.74. The largest absolute Gasteiger partial charge is 2.00 e. The van der Waals surface area contributed by atoms with Gasteiger partial charge in [-0.05, 0) is 123 Å². The van der Waals surface area contributed by atoms with Crippen LogP contribution in [0.5, 0.6) is 11.5 Å². The van der Waals surface area contributed by atoms with E-state index in [1.54, 1.807) is 0 Å². The van der Waals surface area contributed by atoms with Crippen LogP contribution in [-0.4, -0.2) is 9.97 Å². The molecule has 0 radical (unpaired) electrons. The molecule has 0 unspecified atom stereocenters. The van der Waals surface area contributed by atoms with Crippen molar-refractivity contribution >= 4 is 17.1 Å². The van der Waals surface area contributed by atoms with Gasteiger partial charge in [0.1, 0.15) is 0 Å². The molecule has 1 aliphatic rings. The Balaban J connectivity index is 0.00000592. The molecule has 8 aromatic rings. The summed E-state index contributed by atoms with van der Waals surface area (Å²) in [6, 6.07) is 59.9. The van der Waals surface area contributed by atoms with Gasteiger partial charge in [0.25, 0.3) is 0 Å². The van der Waals surface area contributed by atoms with Crippen molar-refractivity contribution in [3.8, 4) is 33.9 Å². The number of ether oxygens (including phenoxy) is 1. The van der Waals surface area contributed by atoms with Crippen molar-refractivity contribution in [3.05, 3.63) is 220 Å². The monoisotopic (exact) mass is 1040 g/mol. The standard InChI is InChI=1S/C61H59N3O.Pt/c1-40-18-16-19-41(2)57(40)43-34-42(53-22-12-14-32-62-53)35-50(36-43)65-49-21-17-20-47(37-49)61(56-23-13-15-33-63-56)51-38-45(59(6,7)8)26-30-54(51)64(48-28-24-44(25-29-48)58(3,4)5)55-31-27-46(39-52(55)61)60(9,10)11;/h12-34,36,38-39H,1-11H3;/q-2;+2. The zero-order chi connectivity index (χ0) is 45.9. The maximum absolute atomic E-state index is 6.99. The van der Waals surface area contributed by atoms with E-state index in [9.17, 15) is 0 Å². The maximum Gasteiger partial charge on any atom is 2.00 e. The van der Waals surface area contributed by atoms with Gasteiger partial charge in [-0.2, -0.15) is 12.1 Å². The van der Waals surface area contributed by atoms with Crippen LogP contribution >= 0.6 is 0 Å². The Hall–Kier alpha value is -6.09. The van der Waals surface area contributed by atoms with Gasteiger partial charge >= 0.3 is 21.1 Å². The molecule has 0 atom stereocenters. The van der Waals surface area contributed by atoms with Gasteiger partial charge in [0.2, 0.25) is 0 Å². The summed E-state index contributed by atoms with van der Waals surface area (Å²) >= 11 is 0. The third-order valence-corrected chi connectivity index (χ3v) is 13.0. The van der Waals surface area contributed by atoms with Crippen LogP contribution in [0.15, 0.2) is 158 Å². The van der Waals surface area contributed by atoms with Crippen molar-refractivity contribution in [3.63, 3.8) is 0 Å². The summed E-state index contributed by atoms with van der Waals surface area (Å²) < 4.78 is 6.99. The van der Waals surface area contributed by atoms with Gasteiger partial charge in [-0.3, -0.25) is 4.98 Å². The number of pyridine rings is 2. The molecule has 0 bridgehead atoms. The zero-order valence-electron chi connectivity index (χ0n) is 40.1. The van der Waals surface area contributed by atoms with Gasteiger partial charge < -0.3 is 14.6 Å². The fourth-order valence-corrected chi connectivity index (χ4v) is 9.47. The Morgan fingerprint density at radius 3 is 1.62 bits per heavy atom. The molecule has 1 aliphatic heterocycles. The van der Waals surface area contributed by atoms with Gasteiger partial charge in [-0.15, -0.1) is 29.3 Å². The maximum atomic E-state index is 6.99. The van der Waals surface area contributed by atoms with Crippen LogP contribution in [0, 0.1) is 26.0 Å². The van der Waals surface area contributed by atoms with E-state index in [1.165, 1.54) is 33.4 Å². The predicted octanol–water partition coefficient (Wildman–Crippen LogP) is 15.9. The molecule has 4 nitrogen and oxygen atoms in total. The van der Waals surface area contributed by atoms with Crippen molar-refractivity contribution in [1.82, 2.24) is 9.97 Å². The van der Waals surface area contributed by atoms with E-state index in [2.05, 4.69) is 208 Å². The molecule has 9 rings (SSSR count). The molecular formula is C61H59N3OPt. The van der Waals surface area contributed by atoms with Gasteiger partial charge in [0, 0.05) is 29.6 Å². The first-order chi connectivity index (χ1) is 30.9. The molecule has 5 heteroatoms. The second kappa shape index (κ2) is 17.6. The van der Waals surface area contributed by atoms with E-state index in [0.717, 1.165) is 56.3 Å². The first kappa shape index (κ1) is 46.4. The van der Waals surface area contributed by atoms with E-state index < -0.39 is 5.41 Å². The van der Waals surface area contributed by atoms with Crippen molar-refractivity contribution in [1.29, 1.82) is 0 Å². The molecule has 3 heterocycles. The molecule has 334 valence electrons. The topological polar surface area (TPSA) is 38.2 Å². The van der Waals surface area contributed by atoms with Crippen LogP contribution < -0.4 is 9.64 Å². The number of rotatable bonds is 7. The second-order valence-electron chi connectivity index (χ2n) is 20.7. The molecule has 0 saturated carbocycles. The minimum atomic E-state index is -0.904. The first-order valence-corrected chi connectivity index (χ1v) is 22.8. The molecule has 2 aromatic heterocycles. The molecule has 0 spiro atoms. The van der Waals surface area contributed by atoms with E-state index in [-0.39, 0.29) is 37.3 Å². The predicted molar refractivity (Wildman–Crippen MR) is 269 cm³/mol. The number of anilines is 3. The van der Waals surface area contributed by atoms with Crippen LogP contribution in [0.3, 0.4) is 0 Å². The van der Waals surface area contributed by atoms with Gasteiger partial charge in [-0.1, -0.05) is 153 Å². The van der Waals surface area contributed by atoms with E-state index >= 15 is 0 Å². The van der Waals surface area contributed by atoms with Crippen molar-refractivity contribution in [2.45, 2.75) is 97.8 Å². The van der Waals surface area contributed by atoms with Crippen molar-refractivity contribution in [2.75, 3.05) is 4.90 Å². The summed E-state index contributed by atoms with van der Waals surface area (Å²) in [5.74, 6) is 1.17. The SMILES string of the molecule is Cc1cccc(C)c1-c1cc(Oc2[c-]c(C3(c4ccccn4)c4cc(C(C)(C)C)ccc4N(c4ccc(C(C)(C)C)cc4)c4ccc(C(C)(C)C)cc43)ccc2)[c-]c(-c2ccccn2)c1.[Pt+2]. The smallest absolute Gasteiger partial charge is 0.503 e. The summed E-state index contributed by atoms with van der Waals surface area (Å²) in [4.78, 5) is 12.5. The molecule has 6 aromatic carbocycles. The molecule has 66 heavy (non-hydrogen) atoms. The van der Waals surface area contributed by atoms with Crippen molar-refractivity contribution in [2.24, 2.45) is 0 Å². The zero-order valence-corrected chi connectivity index (χ0v) is 42.3. The quantitative estimate of drug-likeness (QED) is 0.149. The van der Waals surface area contributed by atoms with Crippen molar-refractivity contribution < 1.29 is 25.8 Å². The Morgan fingerprint density at radius 2 is 1.08 bits per heavy atom. The van der Waals surface area contributed by atoms with E-state index in [1.807, 2.05) is 42.7 Å². The minimum absolute atomic E-state index is 0. The summed E-state index contributed by atoms with van der Waals surface area (Å²) in [6.45, 7) is 24.9. The molecule has 0 aliphatic carbocycles. The Morgan fingerprint density at radius 1 is 0.515 bits per heavy atom. The van der Waals surface area contributed by atoms with Gasteiger partial charge in [0.05, 0.1) is 22.5 Å². The van der Waals surface area contributed by atoms with Crippen LogP contribution in [-0.2, 0) is 42.7 Å². The number of fused-ring (bicyclic) bond motifs is 2. The number of hydrogen-bond donors (Lipinski definition) is 0.